The highest BCUT2D eigenvalue weighted by atomic mass is 16.5. The van der Waals surface area contributed by atoms with Crippen LogP contribution in [0.15, 0.2) is 34.4 Å². The van der Waals surface area contributed by atoms with E-state index in [0.717, 1.165) is 11.4 Å². The molecule has 0 aliphatic carbocycles. The van der Waals surface area contributed by atoms with Crippen molar-refractivity contribution in [2.45, 2.75) is 34.2 Å². The van der Waals surface area contributed by atoms with Gasteiger partial charge >= 0.3 is 5.97 Å². The van der Waals surface area contributed by atoms with Gasteiger partial charge in [0.15, 0.2) is 5.76 Å². The molecule has 0 aliphatic heterocycles. The molecule has 2 rings (SSSR count). The number of carbonyl (C=O) groups is 2. The maximum atomic E-state index is 12.1. The minimum atomic E-state index is -0.500. The molecule has 2 aromatic heterocycles. The van der Waals surface area contributed by atoms with E-state index in [2.05, 4.69) is 10.4 Å². The lowest BCUT2D eigenvalue weighted by atomic mass is 10.3. The number of rotatable bonds is 6. The van der Waals surface area contributed by atoms with Crippen molar-refractivity contribution in [2.75, 3.05) is 6.61 Å². The average Bonchev–Trinajstić information content (AvgIpc) is 3.06. The molecule has 24 heavy (non-hydrogen) atoms. The van der Waals surface area contributed by atoms with Crippen LogP contribution in [0, 0.1) is 13.8 Å². The number of carbonyl (C=O) groups excluding carboxylic acids is 2. The summed E-state index contributed by atoms with van der Waals surface area (Å²) in [6.07, 6.45) is 1.22. The third-order valence-corrected chi connectivity index (χ3v) is 3.23. The first kappa shape index (κ1) is 17.5. The van der Waals surface area contributed by atoms with Crippen LogP contribution in [0.3, 0.4) is 0 Å². The lowest BCUT2D eigenvalue weighted by Gasteiger charge is -2.04. The Kier molecular flexibility index (Phi) is 5.57. The fourth-order valence-corrected chi connectivity index (χ4v) is 2.21. The minimum absolute atomic E-state index is 0.170. The summed E-state index contributed by atoms with van der Waals surface area (Å²) in [4.78, 5) is 23.4. The lowest BCUT2D eigenvalue weighted by Crippen LogP contribution is -2.21. The van der Waals surface area contributed by atoms with E-state index in [4.69, 9.17) is 9.15 Å². The van der Waals surface area contributed by atoms with Crippen LogP contribution in [0.25, 0.3) is 0 Å². The predicted molar refractivity (Wildman–Crippen MR) is 87.4 cm³/mol. The zero-order chi connectivity index (χ0) is 17.7. The molecular weight excluding hydrogens is 310 g/mol. The number of amides is 1. The predicted octanol–water partition coefficient (Wildman–Crippen LogP) is 2.34. The van der Waals surface area contributed by atoms with Gasteiger partial charge in [0.25, 0.3) is 5.91 Å². The molecule has 0 aromatic carbocycles. The zero-order valence-corrected chi connectivity index (χ0v) is 14.3. The van der Waals surface area contributed by atoms with Crippen molar-refractivity contribution in [1.29, 1.82) is 0 Å². The van der Waals surface area contributed by atoms with Crippen LogP contribution in [-0.4, -0.2) is 28.3 Å². The Morgan fingerprint density at radius 1 is 1.38 bits per heavy atom. The third kappa shape index (κ3) is 4.58. The van der Waals surface area contributed by atoms with Gasteiger partial charge in [-0.2, -0.15) is 5.10 Å². The standard InChI is InChI=1S/C17H21N3O4/c1-5-23-16(21)9-11(2)18-17(22)15-7-6-14(24-15)10-20-13(4)8-12(3)19-20/h6-9H,5,10H2,1-4H3,(H,18,22)/b11-9+. The molecule has 0 aliphatic rings. The highest BCUT2D eigenvalue weighted by Gasteiger charge is 2.13. The number of furan rings is 1. The van der Waals surface area contributed by atoms with E-state index in [1.165, 1.54) is 6.08 Å². The van der Waals surface area contributed by atoms with E-state index in [1.54, 1.807) is 26.0 Å². The largest absolute Gasteiger partial charge is 0.463 e. The molecule has 0 atom stereocenters. The molecule has 2 aromatic rings. The van der Waals surface area contributed by atoms with Crippen LogP contribution in [-0.2, 0) is 16.1 Å². The summed E-state index contributed by atoms with van der Waals surface area (Å²) < 4.78 is 12.1. The van der Waals surface area contributed by atoms with Gasteiger partial charge in [0.2, 0.25) is 0 Å². The van der Waals surface area contributed by atoms with Gasteiger partial charge in [-0.15, -0.1) is 0 Å². The molecule has 0 saturated carbocycles. The molecule has 0 fully saturated rings. The van der Waals surface area contributed by atoms with Crippen molar-refractivity contribution in [1.82, 2.24) is 15.1 Å². The van der Waals surface area contributed by atoms with E-state index >= 15 is 0 Å². The second-order valence-corrected chi connectivity index (χ2v) is 5.38. The molecule has 7 heteroatoms. The SMILES string of the molecule is CCOC(=O)/C=C(\C)NC(=O)c1ccc(Cn2nc(C)cc2C)o1. The molecule has 0 unspecified atom stereocenters. The molecule has 0 radical (unpaired) electrons. The Hall–Kier alpha value is -2.83. The molecular formula is C17H21N3O4. The lowest BCUT2D eigenvalue weighted by molar-refractivity contribution is -0.137. The Morgan fingerprint density at radius 2 is 2.12 bits per heavy atom. The number of aromatic nitrogens is 2. The first-order chi connectivity index (χ1) is 11.4. The fourth-order valence-electron chi connectivity index (χ4n) is 2.21. The first-order valence-electron chi connectivity index (χ1n) is 7.65. The summed E-state index contributed by atoms with van der Waals surface area (Å²) in [5.41, 5.74) is 2.33. The number of hydrogen-bond acceptors (Lipinski definition) is 5. The van der Waals surface area contributed by atoms with Crippen molar-refractivity contribution < 1.29 is 18.7 Å². The second-order valence-electron chi connectivity index (χ2n) is 5.38. The fraction of sp³-hybridized carbons (Fsp3) is 0.353. The Morgan fingerprint density at radius 3 is 2.75 bits per heavy atom. The summed E-state index contributed by atoms with van der Waals surface area (Å²) in [5.74, 6) is -0.130. The quantitative estimate of drug-likeness (QED) is 0.648. The topological polar surface area (TPSA) is 86.4 Å². The summed E-state index contributed by atoms with van der Waals surface area (Å²) in [7, 11) is 0. The second kappa shape index (κ2) is 7.63. The van der Waals surface area contributed by atoms with Crippen LogP contribution in [0.5, 0.6) is 0 Å². The van der Waals surface area contributed by atoms with Gasteiger partial charge in [-0.1, -0.05) is 0 Å². The van der Waals surface area contributed by atoms with Crippen LogP contribution in [0.4, 0.5) is 0 Å². The molecule has 128 valence electrons. The molecule has 0 bridgehead atoms. The third-order valence-electron chi connectivity index (χ3n) is 3.23. The summed E-state index contributed by atoms with van der Waals surface area (Å²) in [6, 6.07) is 5.30. The van der Waals surface area contributed by atoms with Gasteiger partial charge in [0, 0.05) is 17.5 Å². The van der Waals surface area contributed by atoms with Crippen molar-refractivity contribution in [3.63, 3.8) is 0 Å². The van der Waals surface area contributed by atoms with Crippen molar-refractivity contribution in [3.8, 4) is 0 Å². The molecule has 7 nitrogen and oxygen atoms in total. The zero-order valence-electron chi connectivity index (χ0n) is 14.3. The maximum absolute atomic E-state index is 12.1. The number of hydrogen-bond donors (Lipinski definition) is 1. The molecule has 1 N–H and O–H groups in total. The van der Waals surface area contributed by atoms with E-state index < -0.39 is 11.9 Å². The van der Waals surface area contributed by atoms with Gasteiger partial charge in [-0.25, -0.2) is 4.79 Å². The van der Waals surface area contributed by atoms with Crippen LogP contribution in [0.2, 0.25) is 0 Å². The van der Waals surface area contributed by atoms with Gasteiger partial charge in [0.1, 0.15) is 5.76 Å². The van der Waals surface area contributed by atoms with Crippen LogP contribution in [0.1, 0.15) is 41.6 Å². The highest BCUT2D eigenvalue weighted by molar-refractivity contribution is 5.93. The van der Waals surface area contributed by atoms with E-state index in [-0.39, 0.29) is 12.4 Å². The molecule has 0 saturated heterocycles. The minimum Gasteiger partial charge on any atom is -0.463 e. The number of nitrogens with one attached hydrogen (secondary N) is 1. The van der Waals surface area contributed by atoms with Crippen molar-refractivity contribution in [3.05, 3.63) is 52.9 Å². The molecule has 0 spiro atoms. The number of allylic oxidation sites excluding steroid dienone is 1. The molecule has 1 amide bonds. The van der Waals surface area contributed by atoms with E-state index in [0.29, 0.717) is 18.0 Å². The van der Waals surface area contributed by atoms with Crippen molar-refractivity contribution in [2.24, 2.45) is 0 Å². The maximum Gasteiger partial charge on any atom is 0.332 e. The normalized spacial score (nSPS) is 11.4. The Labute approximate surface area is 140 Å². The van der Waals surface area contributed by atoms with Gasteiger partial charge in [0.05, 0.1) is 18.8 Å². The Bertz CT molecular complexity index is 771. The summed E-state index contributed by atoms with van der Waals surface area (Å²) in [5, 5.41) is 6.94. The van der Waals surface area contributed by atoms with E-state index in [9.17, 15) is 9.59 Å². The van der Waals surface area contributed by atoms with Gasteiger partial charge in [-0.05, 0) is 45.9 Å². The average molecular weight is 331 g/mol. The Balaban J connectivity index is 2.00. The smallest absolute Gasteiger partial charge is 0.332 e. The van der Waals surface area contributed by atoms with Gasteiger partial charge < -0.3 is 14.5 Å². The number of ether oxygens (including phenoxy) is 1. The highest BCUT2D eigenvalue weighted by Crippen LogP contribution is 2.12. The van der Waals surface area contributed by atoms with Crippen LogP contribution >= 0.6 is 0 Å². The number of nitrogens with zero attached hydrogens (tertiary/aromatic N) is 2. The first-order valence-corrected chi connectivity index (χ1v) is 7.65. The summed E-state index contributed by atoms with van der Waals surface area (Å²) in [6.45, 7) is 7.93. The monoisotopic (exact) mass is 331 g/mol. The van der Waals surface area contributed by atoms with E-state index in [1.807, 2.05) is 24.6 Å². The van der Waals surface area contributed by atoms with Gasteiger partial charge in [-0.3, -0.25) is 9.48 Å². The number of aryl methyl sites for hydroxylation is 2. The summed E-state index contributed by atoms with van der Waals surface area (Å²) >= 11 is 0. The van der Waals surface area contributed by atoms with Crippen molar-refractivity contribution >= 4 is 11.9 Å². The van der Waals surface area contributed by atoms with Crippen LogP contribution < -0.4 is 5.32 Å². The molecule has 2 heterocycles. The number of esters is 1.